The summed E-state index contributed by atoms with van der Waals surface area (Å²) in [5.74, 6) is -0.989. The lowest BCUT2D eigenvalue weighted by molar-refractivity contribution is 0.430. The minimum atomic E-state index is -0.802. The molecule has 26 heavy (non-hydrogen) atoms. The number of hydrogen-bond acceptors (Lipinski definition) is 4. The molecule has 1 atom stereocenters. The van der Waals surface area contributed by atoms with Gasteiger partial charge in [0.05, 0.1) is 5.69 Å². The lowest BCUT2D eigenvalue weighted by atomic mass is 10.1. The minimum Gasteiger partial charge on any atom is -0.493 e. The molecule has 0 aliphatic rings. The molecule has 0 amide bonds. The molecule has 2 aromatic rings. The van der Waals surface area contributed by atoms with E-state index in [0.29, 0.717) is 0 Å². The maximum atomic E-state index is 13.1. The second-order valence-electron chi connectivity index (χ2n) is 6.28. The monoisotopic (exact) mass is 361 g/mol. The van der Waals surface area contributed by atoms with Crippen molar-refractivity contribution in [2.24, 2.45) is 4.99 Å². The smallest absolute Gasteiger partial charge is 0.335 e. The van der Waals surface area contributed by atoms with E-state index >= 15 is 0 Å². The van der Waals surface area contributed by atoms with Gasteiger partial charge in [0.25, 0.3) is 5.56 Å². The number of unbranched alkanes of at least 4 members (excludes halogenated alkanes) is 3. The highest BCUT2D eigenvalue weighted by atomic mass is 19.1. The Morgan fingerprint density at radius 3 is 2.58 bits per heavy atom. The molecule has 0 unspecified atom stereocenters. The lowest BCUT2D eigenvalue weighted by Crippen LogP contribution is -2.31. The van der Waals surface area contributed by atoms with Crippen LogP contribution in [0, 0.1) is 5.82 Å². The van der Waals surface area contributed by atoms with Gasteiger partial charge in [0.15, 0.2) is 0 Å². The van der Waals surface area contributed by atoms with Crippen molar-refractivity contribution >= 4 is 6.21 Å². The number of hydrogen-bond donors (Lipinski definition) is 2. The molecule has 0 radical (unpaired) electrons. The molecule has 0 fully saturated rings. The molecule has 2 N–H and O–H groups in total. The van der Waals surface area contributed by atoms with Crippen LogP contribution in [0.3, 0.4) is 0 Å². The maximum absolute atomic E-state index is 13.1. The van der Waals surface area contributed by atoms with E-state index in [-0.39, 0.29) is 17.3 Å². The number of rotatable bonds is 8. The van der Waals surface area contributed by atoms with Crippen molar-refractivity contribution in [1.82, 2.24) is 9.55 Å². The Bertz CT molecular complexity index is 869. The molecule has 140 valence electrons. The summed E-state index contributed by atoms with van der Waals surface area (Å²) in [5, 5.41) is 10.4. The number of H-pyrrole nitrogens is 1. The van der Waals surface area contributed by atoms with Crippen LogP contribution in [0.15, 0.2) is 38.8 Å². The summed E-state index contributed by atoms with van der Waals surface area (Å²) in [6, 6.07) is 5.01. The van der Waals surface area contributed by atoms with Gasteiger partial charge in [-0.15, -0.1) is 0 Å². The van der Waals surface area contributed by atoms with Crippen LogP contribution in [0.4, 0.5) is 4.39 Å². The summed E-state index contributed by atoms with van der Waals surface area (Å²) < 4.78 is 14.0. The second kappa shape index (κ2) is 9.12. The lowest BCUT2D eigenvalue weighted by Gasteiger charge is -2.10. The predicted octanol–water partition coefficient (Wildman–Crippen LogP) is 3.15. The topological polar surface area (TPSA) is 87.4 Å². The Hall–Kier alpha value is -2.70. The normalized spacial score (nSPS) is 12.6. The minimum absolute atomic E-state index is 0.00291. The van der Waals surface area contributed by atoms with Gasteiger partial charge in [0.2, 0.25) is 5.88 Å². The first-order valence-electron chi connectivity index (χ1n) is 8.81. The zero-order valence-electron chi connectivity index (χ0n) is 15.0. The fourth-order valence-electron chi connectivity index (χ4n) is 2.63. The van der Waals surface area contributed by atoms with Gasteiger partial charge in [-0.05, 0) is 37.6 Å². The predicted molar refractivity (Wildman–Crippen MR) is 100 cm³/mol. The van der Waals surface area contributed by atoms with E-state index in [1.807, 2.05) is 6.92 Å². The molecule has 0 saturated carbocycles. The average molecular weight is 361 g/mol. The van der Waals surface area contributed by atoms with Crippen molar-refractivity contribution in [2.75, 3.05) is 0 Å². The van der Waals surface area contributed by atoms with Gasteiger partial charge in [-0.1, -0.05) is 32.6 Å². The highest BCUT2D eigenvalue weighted by molar-refractivity contribution is 5.82. The van der Waals surface area contributed by atoms with Crippen molar-refractivity contribution in [1.29, 1.82) is 0 Å². The van der Waals surface area contributed by atoms with Gasteiger partial charge in [-0.3, -0.25) is 14.8 Å². The molecule has 0 bridgehead atoms. The molecule has 0 aliphatic carbocycles. The van der Waals surface area contributed by atoms with Crippen molar-refractivity contribution in [3.05, 3.63) is 56.5 Å². The van der Waals surface area contributed by atoms with Crippen LogP contribution in [0.1, 0.15) is 51.5 Å². The average Bonchev–Trinajstić information content (AvgIpc) is 2.60. The SMILES string of the molecule is CCCCCC[C@H](C)N=Cc1c(O)n(-c2ccc(F)cc2)c(=O)[nH]c1=O. The second-order valence-corrected chi connectivity index (χ2v) is 6.28. The van der Waals surface area contributed by atoms with E-state index in [4.69, 9.17) is 0 Å². The highest BCUT2D eigenvalue weighted by Crippen LogP contribution is 2.16. The molecule has 1 aromatic heterocycles. The first kappa shape index (κ1) is 19.6. The van der Waals surface area contributed by atoms with E-state index in [0.717, 1.165) is 30.3 Å². The van der Waals surface area contributed by atoms with E-state index in [1.165, 1.54) is 36.9 Å². The maximum Gasteiger partial charge on any atom is 0.335 e. The van der Waals surface area contributed by atoms with E-state index in [2.05, 4.69) is 16.9 Å². The number of benzene rings is 1. The molecule has 2 rings (SSSR count). The third-order valence-electron chi connectivity index (χ3n) is 4.14. The standard InChI is InChI=1S/C19H24FN3O3/c1-3-4-5-6-7-13(2)21-12-16-17(24)22-19(26)23(18(16)25)15-10-8-14(20)9-11-15/h8-13,25H,3-7H2,1-2H3,(H,22,24,26)/t13-/m0/s1. The first-order chi connectivity index (χ1) is 12.4. The number of aromatic amines is 1. The summed E-state index contributed by atoms with van der Waals surface area (Å²) in [7, 11) is 0. The molecule has 0 aliphatic heterocycles. The molecule has 6 nitrogen and oxygen atoms in total. The number of aliphatic imine (C=N–C) groups is 1. The van der Waals surface area contributed by atoms with Gasteiger partial charge < -0.3 is 5.11 Å². The Kier molecular flexibility index (Phi) is 6.89. The molecular formula is C19H24FN3O3. The Morgan fingerprint density at radius 2 is 1.92 bits per heavy atom. The molecule has 0 saturated heterocycles. The zero-order valence-corrected chi connectivity index (χ0v) is 15.0. The largest absolute Gasteiger partial charge is 0.493 e. The fourth-order valence-corrected chi connectivity index (χ4v) is 2.63. The Labute approximate surface area is 151 Å². The molecule has 1 heterocycles. The number of aromatic nitrogens is 2. The van der Waals surface area contributed by atoms with E-state index in [1.54, 1.807) is 0 Å². The summed E-state index contributed by atoms with van der Waals surface area (Å²) in [6.07, 6.45) is 6.69. The summed E-state index contributed by atoms with van der Waals surface area (Å²) in [6.45, 7) is 4.08. The van der Waals surface area contributed by atoms with Gasteiger partial charge in [-0.25, -0.2) is 13.8 Å². The summed E-state index contributed by atoms with van der Waals surface area (Å²) in [4.78, 5) is 30.5. The third kappa shape index (κ3) is 4.91. The van der Waals surface area contributed by atoms with Crippen LogP contribution in [0.25, 0.3) is 5.69 Å². The fraction of sp³-hybridized carbons (Fsp3) is 0.421. The van der Waals surface area contributed by atoms with Crippen molar-refractivity contribution in [2.45, 2.75) is 52.0 Å². The molecule has 7 heteroatoms. The summed E-state index contributed by atoms with van der Waals surface area (Å²) >= 11 is 0. The number of nitrogens with zero attached hydrogens (tertiary/aromatic N) is 2. The first-order valence-corrected chi connectivity index (χ1v) is 8.81. The van der Waals surface area contributed by atoms with E-state index in [9.17, 15) is 19.1 Å². The van der Waals surface area contributed by atoms with Gasteiger partial charge in [-0.2, -0.15) is 0 Å². The van der Waals surface area contributed by atoms with Crippen LogP contribution >= 0.6 is 0 Å². The molecule has 1 aromatic carbocycles. The van der Waals surface area contributed by atoms with Crippen LogP contribution in [0.2, 0.25) is 0 Å². The van der Waals surface area contributed by atoms with Crippen LogP contribution in [-0.2, 0) is 0 Å². The van der Waals surface area contributed by atoms with Gasteiger partial charge in [0, 0.05) is 12.3 Å². The van der Waals surface area contributed by atoms with Crippen molar-refractivity contribution in [3.8, 4) is 11.6 Å². The number of nitrogens with one attached hydrogen (secondary N) is 1. The van der Waals surface area contributed by atoms with Crippen molar-refractivity contribution < 1.29 is 9.50 Å². The van der Waals surface area contributed by atoms with Crippen molar-refractivity contribution in [3.63, 3.8) is 0 Å². The summed E-state index contributed by atoms with van der Waals surface area (Å²) in [5.41, 5.74) is -1.38. The molecular weight excluding hydrogens is 337 g/mol. The van der Waals surface area contributed by atoms with E-state index < -0.39 is 22.9 Å². The number of halogens is 1. The van der Waals surface area contributed by atoms with Crippen LogP contribution in [-0.4, -0.2) is 26.9 Å². The Balaban J connectivity index is 2.28. The third-order valence-corrected chi connectivity index (χ3v) is 4.14. The quantitative estimate of drug-likeness (QED) is 0.559. The highest BCUT2D eigenvalue weighted by Gasteiger charge is 2.14. The van der Waals surface area contributed by atoms with Crippen LogP contribution in [0.5, 0.6) is 5.88 Å². The number of aromatic hydroxyl groups is 1. The molecule has 0 spiro atoms. The Morgan fingerprint density at radius 1 is 1.23 bits per heavy atom. The van der Waals surface area contributed by atoms with Crippen LogP contribution < -0.4 is 11.2 Å². The van der Waals surface area contributed by atoms with Gasteiger partial charge >= 0.3 is 5.69 Å². The zero-order chi connectivity index (χ0) is 19.1. The van der Waals surface area contributed by atoms with Gasteiger partial charge in [0.1, 0.15) is 11.4 Å².